The van der Waals surface area contributed by atoms with E-state index in [1.807, 2.05) is 13.8 Å². The van der Waals surface area contributed by atoms with E-state index in [0.29, 0.717) is 16.7 Å². The normalized spacial score (nSPS) is 12.8. The molecule has 3 aromatic rings. The minimum Gasteiger partial charge on any atom is -0.368 e. The number of nitrogens with zero attached hydrogens (tertiary/aromatic N) is 2. The third kappa shape index (κ3) is 5.41. The van der Waals surface area contributed by atoms with Gasteiger partial charge in [0.15, 0.2) is 0 Å². The number of amides is 1. The Balaban J connectivity index is 1.95. The summed E-state index contributed by atoms with van der Waals surface area (Å²) >= 11 is 18.0. The molecule has 1 heterocycles. The van der Waals surface area contributed by atoms with Gasteiger partial charge in [0.1, 0.15) is 22.6 Å². The number of sulfonamides is 1. The van der Waals surface area contributed by atoms with Crippen molar-refractivity contribution in [3.05, 3.63) is 57.3 Å². The van der Waals surface area contributed by atoms with E-state index < -0.39 is 22.0 Å². The van der Waals surface area contributed by atoms with Crippen LogP contribution in [0.1, 0.15) is 19.7 Å². The van der Waals surface area contributed by atoms with Crippen molar-refractivity contribution in [3.63, 3.8) is 0 Å². The fourth-order valence-electron chi connectivity index (χ4n) is 3.04. The molecule has 0 aliphatic rings. The standard InChI is InChI=1S/C20H20Cl3N5O3S/c1-10(2)17(19(24)29)28-20-12-5-3-4-6-15(12)26-16(27-20)9-25-32(30,31)18-13(22)7-11(21)8-14(18)23/h3-8,10,17,25H,9H2,1-2H3,(H2,24,29)(H,26,27,28)/t17-/m0/s1. The van der Waals surface area contributed by atoms with Crippen molar-refractivity contribution in [1.82, 2.24) is 14.7 Å². The van der Waals surface area contributed by atoms with Gasteiger partial charge in [0, 0.05) is 10.4 Å². The fourth-order valence-corrected chi connectivity index (χ4v) is 5.57. The monoisotopic (exact) mass is 515 g/mol. The predicted octanol–water partition coefficient (Wildman–Crippen LogP) is 3.99. The van der Waals surface area contributed by atoms with Gasteiger partial charge in [-0.1, -0.05) is 60.8 Å². The molecular weight excluding hydrogens is 497 g/mol. The van der Waals surface area contributed by atoms with Gasteiger partial charge in [-0.05, 0) is 30.2 Å². The molecule has 12 heteroatoms. The Morgan fingerprint density at radius 2 is 1.72 bits per heavy atom. The van der Waals surface area contributed by atoms with E-state index in [9.17, 15) is 13.2 Å². The first-order chi connectivity index (χ1) is 15.0. The second-order valence-electron chi connectivity index (χ2n) is 7.30. The Kier molecular flexibility index (Phi) is 7.46. The third-order valence-electron chi connectivity index (χ3n) is 4.57. The van der Waals surface area contributed by atoms with E-state index in [-0.39, 0.29) is 38.3 Å². The Bertz CT molecular complexity index is 1260. The summed E-state index contributed by atoms with van der Waals surface area (Å²) in [5.74, 6) is -0.0952. The van der Waals surface area contributed by atoms with Gasteiger partial charge in [0.2, 0.25) is 15.9 Å². The summed E-state index contributed by atoms with van der Waals surface area (Å²) < 4.78 is 28.0. The van der Waals surface area contributed by atoms with E-state index in [4.69, 9.17) is 40.5 Å². The predicted molar refractivity (Wildman–Crippen MR) is 126 cm³/mol. The number of hydrogen-bond acceptors (Lipinski definition) is 6. The lowest BCUT2D eigenvalue weighted by molar-refractivity contribution is -0.119. The number of nitrogens with one attached hydrogen (secondary N) is 2. The van der Waals surface area contributed by atoms with Crippen LogP contribution in [0, 0.1) is 5.92 Å². The fraction of sp³-hybridized carbons (Fsp3) is 0.250. The molecule has 3 rings (SSSR count). The third-order valence-corrected chi connectivity index (χ3v) is 7.11. The highest BCUT2D eigenvalue weighted by molar-refractivity contribution is 7.89. The SMILES string of the molecule is CC(C)[C@H](Nc1nc(CNS(=O)(=O)c2c(Cl)cc(Cl)cc2Cl)nc2ccccc12)C(N)=O. The number of aromatic nitrogens is 2. The first-order valence-corrected chi connectivity index (χ1v) is 12.1. The minimum absolute atomic E-state index is 0.0997. The van der Waals surface area contributed by atoms with Crippen LogP contribution < -0.4 is 15.8 Å². The quantitative estimate of drug-likeness (QED) is 0.415. The van der Waals surface area contributed by atoms with Gasteiger partial charge in [-0.3, -0.25) is 4.79 Å². The lowest BCUT2D eigenvalue weighted by Gasteiger charge is -2.21. The molecule has 8 nitrogen and oxygen atoms in total. The lowest BCUT2D eigenvalue weighted by atomic mass is 10.0. The Morgan fingerprint density at radius 1 is 1.09 bits per heavy atom. The second-order valence-corrected chi connectivity index (χ2v) is 10.3. The van der Waals surface area contributed by atoms with Crippen LogP contribution in [0.3, 0.4) is 0 Å². The van der Waals surface area contributed by atoms with Crippen LogP contribution in [0.5, 0.6) is 0 Å². The molecule has 2 aromatic carbocycles. The molecular formula is C20H20Cl3N5O3S. The van der Waals surface area contributed by atoms with Gasteiger partial charge in [-0.25, -0.2) is 23.1 Å². The molecule has 0 spiro atoms. The van der Waals surface area contributed by atoms with E-state index in [0.717, 1.165) is 0 Å². The number of fused-ring (bicyclic) bond motifs is 1. The molecule has 1 aromatic heterocycles. The van der Waals surface area contributed by atoms with E-state index >= 15 is 0 Å². The summed E-state index contributed by atoms with van der Waals surface area (Å²) in [6, 6.07) is 9.03. The van der Waals surface area contributed by atoms with Gasteiger partial charge in [-0.15, -0.1) is 0 Å². The molecule has 0 aliphatic heterocycles. The smallest absolute Gasteiger partial charge is 0.243 e. The number of primary amides is 1. The molecule has 0 bridgehead atoms. The molecule has 170 valence electrons. The van der Waals surface area contributed by atoms with Crippen molar-refractivity contribution in [1.29, 1.82) is 0 Å². The van der Waals surface area contributed by atoms with Crippen LogP contribution in [0.15, 0.2) is 41.3 Å². The molecule has 1 atom stereocenters. The zero-order valence-corrected chi connectivity index (χ0v) is 20.1. The van der Waals surface area contributed by atoms with Crippen molar-refractivity contribution in [3.8, 4) is 0 Å². The van der Waals surface area contributed by atoms with Crippen molar-refractivity contribution in [2.75, 3.05) is 5.32 Å². The molecule has 4 N–H and O–H groups in total. The highest BCUT2D eigenvalue weighted by Crippen LogP contribution is 2.32. The van der Waals surface area contributed by atoms with Crippen LogP contribution in [-0.4, -0.2) is 30.3 Å². The average molecular weight is 517 g/mol. The summed E-state index contributed by atoms with van der Waals surface area (Å²) in [5, 5.41) is 3.70. The number of nitrogens with two attached hydrogens (primary N) is 1. The van der Waals surface area contributed by atoms with Crippen molar-refractivity contribution < 1.29 is 13.2 Å². The maximum Gasteiger partial charge on any atom is 0.243 e. The van der Waals surface area contributed by atoms with Crippen molar-refractivity contribution in [2.45, 2.75) is 31.3 Å². The maximum absolute atomic E-state index is 12.8. The lowest BCUT2D eigenvalue weighted by Crippen LogP contribution is -2.40. The first kappa shape index (κ1) is 24.5. The first-order valence-electron chi connectivity index (χ1n) is 9.45. The largest absolute Gasteiger partial charge is 0.368 e. The van der Waals surface area contributed by atoms with Gasteiger partial charge >= 0.3 is 0 Å². The molecule has 0 saturated carbocycles. The number of anilines is 1. The number of benzene rings is 2. The average Bonchev–Trinajstić information content (AvgIpc) is 2.68. The summed E-state index contributed by atoms with van der Waals surface area (Å²) in [4.78, 5) is 20.4. The van der Waals surface area contributed by atoms with E-state index in [1.165, 1.54) is 12.1 Å². The minimum atomic E-state index is -4.10. The highest BCUT2D eigenvalue weighted by Gasteiger charge is 2.24. The Labute approximate surface area is 200 Å². The summed E-state index contributed by atoms with van der Waals surface area (Å²) in [6.07, 6.45) is 0. The van der Waals surface area contributed by atoms with Gasteiger partial charge in [0.05, 0.1) is 22.1 Å². The Morgan fingerprint density at radius 3 is 2.31 bits per heavy atom. The second kappa shape index (κ2) is 9.76. The van der Waals surface area contributed by atoms with Crippen LogP contribution in [-0.2, 0) is 21.4 Å². The molecule has 0 fully saturated rings. The van der Waals surface area contributed by atoms with Crippen molar-refractivity contribution >= 4 is 67.5 Å². The molecule has 32 heavy (non-hydrogen) atoms. The molecule has 0 aliphatic carbocycles. The van der Waals surface area contributed by atoms with Gasteiger partial charge in [-0.2, -0.15) is 0 Å². The van der Waals surface area contributed by atoms with Crippen LogP contribution in [0.4, 0.5) is 5.82 Å². The van der Waals surface area contributed by atoms with Crippen LogP contribution in [0.25, 0.3) is 10.9 Å². The highest BCUT2D eigenvalue weighted by atomic mass is 35.5. The zero-order chi connectivity index (χ0) is 23.6. The topological polar surface area (TPSA) is 127 Å². The van der Waals surface area contributed by atoms with Gasteiger partial charge in [0.25, 0.3) is 0 Å². The van der Waals surface area contributed by atoms with Crippen molar-refractivity contribution in [2.24, 2.45) is 11.7 Å². The summed E-state index contributed by atoms with van der Waals surface area (Å²) in [7, 11) is -4.10. The number of carbonyl (C=O) groups excluding carboxylic acids is 1. The molecule has 0 unspecified atom stereocenters. The van der Waals surface area contributed by atoms with E-state index in [2.05, 4.69) is 20.0 Å². The summed E-state index contributed by atoms with van der Waals surface area (Å²) in [5.41, 5.74) is 6.08. The van der Waals surface area contributed by atoms with Gasteiger partial charge < -0.3 is 11.1 Å². The zero-order valence-electron chi connectivity index (χ0n) is 17.1. The number of rotatable bonds is 8. The maximum atomic E-state index is 12.8. The van der Waals surface area contributed by atoms with Crippen LogP contribution in [0.2, 0.25) is 15.1 Å². The molecule has 0 radical (unpaired) electrons. The molecule has 0 saturated heterocycles. The summed E-state index contributed by atoms with van der Waals surface area (Å²) in [6.45, 7) is 3.45. The number of para-hydroxylation sites is 1. The number of hydrogen-bond donors (Lipinski definition) is 3. The number of carbonyl (C=O) groups is 1. The van der Waals surface area contributed by atoms with Crippen LogP contribution >= 0.6 is 34.8 Å². The Hall–Kier alpha value is -2.17. The van der Waals surface area contributed by atoms with E-state index in [1.54, 1.807) is 24.3 Å². The number of halogens is 3. The molecule has 1 amide bonds.